The Morgan fingerprint density at radius 3 is 1.65 bits per heavy atom. The Bertz CT molecular complexity index is 1920. The minimum atomic E-state index is -1.76. The number of rotatable bonds is 27. The second-order valence-corrected chi connectivity index (χ2v) is 16.9. The van der Waals surface area contributed by atoms with Crippen molar-refractivity contribution in [2.45, 2.75) is 189 Å². The van der Waals surface area contributed by atoms with Gasteiger partial charge >= 0.3 is 0 Å². The second-order valence-electron chi connectivity index (χ2n) is 16.9. The van der Waals surface area contributed by atoms with Gasteiger partial charge in [0.2, 0.25) is 0 Å². The van der Waals surface area contributed by atoms with E-state index in [1.807, 2.05) is 67.6 Å². The van der Waals surface area contributed by atoms with E-state index in [1.165, 1.54) is 44.9 Å². The number of benzene rings is 2. The lowest BCUT2D eigenvalue weighted by atomic mass is 9.84. The summed E-state index contributed by atoms with van der Waals surface area (Å²) in [5.74, 6) is 0. The Hall–Kier alpha value is -4.72. The van der Waals surface area contributed by atoms with Crippen molar-refractivity contribution in [3.8, 4) is 0 Å². The molecule has 22 heteroatoms. The number of ether oxygens (including phenoxy) is 7. The quantitative estimate of drug-likeness (QED) is 0.0332. The molecule has 360 valence electrons. The average molecular weight is 921 g/mol. The highest BCUT2D eigenvalue weighted by atomic mass is 16.7. The Kier molecular flexibility index (Phi) is 22.5. The fraction of sp³-hybridized carbons (Fsp3) is 0.727. The summed E-state index contributed by atoms with van der Waals surface area (Å²) in [4.78, 5) is 11.4. The molecule has 2 saturated heterocycles. The number of azide groups is 4. The molecule has 0 radical (unpaired) electrons. The SMILES string of the molecule is CCCCCCCCCCCCO[C@H]1[C@H](OCc2ccccc2)[C@@H](OCc2ccccc2)[C@@H](O[C@@H]2[C@@H](O)[C@H](O[C@H]3O[C@H](CN=[N+]=[N-])[C@@H](O)[C@H](O)[C@H]3N=[N+]=[N-])[C@@H](N=[N+]=[N-])C[C@H]2N=[N+]=[N-])O[C@@H]1C. The maximum Gasteiger partial charge on any atom is 0.187 e. The number of nitrogens with zero attached hydrogens (tertiary/aromatic N) is 12. The summed E-state index contributed by atoms with van der Waals surface area (Å²) in [6.07, 6.45) is -3.89. The van der Waals surface area contributed by atoms with Gasteiger partial charge in [0.15, 0.2) is 12.6 Å². The van der Waals surface area contributed by atoms with Crippen LogP contribution in [0.15, 0.2) is 81.1 Å². The van der Waals surface area contributed by atoms with Crippen molar-refractivity contribution in [2.75, 3.05) is 13.2 Å². The van der Waals surface area contributed by atoms with Crippen molar-refractivity contribution >= 4 is 0 Å². The summed E-state index contributed by atoms with van der Waals surface area (Å²) < 4.78 is 45.3. The third kappa shape index (κ3) is 15.2. The van der Waals surface area contributed by atoms with E-state index in [1.54, 1.807) is 0 Å². The van der Waals surface area contributed by atoms with E-state index in [0.717, 1.165) is 30.4 Å². The Labute approximate surface area is 384 Å². The van der Waals surface area contributed by atoms with E-state index in [-0.39, 0.29) is 19.6 Å². The van der Waals surface area contributed by atoms with Crippen LogP contribution >= 0.6 is 0 Å². The summed E-state index contributed by atoms with van der Waals surface area (Å²) >= 11 is 0. The predicted octanol–water partition coefficient (Wildman–Crippen LogP) is 8.54. The summed E-state index contributed by atoms with van der Waals surface area (Å²) in [6.45, 7) is 4.38. The first-order valence-corrected chi connectivity index (χ1v) is 23.0. The van der Waals surface area contributed by atoms with Crippen LogP contribution in [-0.2, 0) is 46.4 Å². The molecule has 3 N–H and O–H groups in total. The first-order chi connectivity index (χ1) is 32.2. The lowest BCUT2D eigenvalue weighted by molar-refractivity contribution is -0.342. The summed E-state index contributed by atoms with van der Waals surface area (Å²) in [5, 5.41) is 48.6. The largest absolute Gasteiger partial charge is 0.390 e. The molecule has 0 unspecified atom stereocenters. The Balaban J connectivity index is 1.42. The molecule has 2 aliphatic heterocycles. The van der Waals surface area contributed by atoms with Gasteiger partial charge in [-0.15, -0.1) is 0 Å². The van der Waals surface area contributed by atoms with Gasteiger partial charge in [-0.2, -0.15) is 0 Å². The summed E-state index contributed by atoms with van der Waals surface area (Å²) in [5.41, 5.74) is 39.3. The predicted molar refractivity (Wildman–Crippen MR) is 240 cm³/mol. The summed E-state index contributed by atoms with van der Waals surface area (Å²) in [6, 6.07) is 15.2. The number of hydrogen-bond acceptors (Lipinski definition) is 14. The fourth-order valence-electron chi connectivity index (χ4n) is 8.67. The van der Waals surface area contributed by atoms with Crippen molar-refractivity contribution in [2.24, 2.45) is 20.5 Å². The average Bonchev–Trinajstić information content (AvgIpc) is 3.32. The van der Waals surface area contributed by atoms with E-state index >= 15 is 0 Å². The van der Waals surface area contributed by atoms with Gasteiger partial charge in [-0.25, -0.2) is 0 Å². The minimum absolute atomic E-state index is 0.113. The smallest absolute Gasteiger partial charge is 0.187 e. The van der Waals surface area contributed by atoms with Crippen LogP contribution in [0.5, 0.6) is 0 Å². The van der Waals surface area contributed by atoms with Crippen LogP contribution in [-0.4, -0.2) is 120 Å². The van der Waals surface area contributed by atoms with Gasteiger partial charge in [-0.3, -0.25) is 0 Å². The Morgan fingerprint density at radius 1 is 0.576 bits per heavy atom. The molecule has 0 bridgehead atoms. The monoisotopic (exact) mass is 920 g/mol. The lowest BCUT2D eigenvalue weighted by Crippen LogP contribution is -2.65. The first kappa shape index (κ1) is 52.3. The van der Waals surface area contributed by atoms with Crippen molar-refractivity contribution in [3.63, 3.8) is 0 Å². The zero-order valence-electron chi connectivity index (χ0n) is 37.6. The summed E-state index contributed by atoms with van der Waals surface area (Å²) in [7, 11) is 0. The number of aliphatic hydroxyl groups is 3. The topological polar surface area (TPSA) is 320 Å². The van der Waals surface area contributed by atoms with E-state index in [2.05, 4.69) is 47.0 Å². The molecule has 66 heavy (non-hydrogen) atoms. The molecule has 0 aromatic heterocycles. The third-order valence-electron chi connectivity index (χ3n) is 12.2. The van der Waals surface area contributed by atoms with Crippen LogP contribution < -0.4 is 0 Å². The van der Waals surface area contributed by atoms with Crippen molar-refractivity contribution in [1.82, 2.24) is 0 Å². The van der Waals surface area contributed by atoms with Crippen molar-refractivity contribution < 1.29 is 48.5 Å². The third-order valence-corrected chi connectivity index (χ3v) is 12.2. The molecule has 2 heterocycles. The molecule has 3 aliphatic rings. The van der Waals surface area contributed by atoms with Gasteiger partial charge in [0.05, 0.1) is 62.4 Å². The lowest BCUT2D eigenvalue weighted by Gasteiger charge is -2.49. The molecular formula is C44H64N12O10. The zero-order valence-corrected chi connectivity index (χ0v) is 37.6. The van der Waals surface area contributed by atoms with E-state index in [4.69, 9.17) is 38.7 Å². The van der Waals surface area contributed by atoms with Crippen LogP contribution in [0, 0.1) is 0 Å². The second kappa shape index (κ2) is 28.5. The van der Waals surface area contributed by atoms with Crippen LogP contribution in [0.25, 0.3) is 41.8 Å². The van der Waals surface area contributed by atoms with Gasteiger partial charge in [0.25, 0.3) is 0 Å². The maximum absolute atomic E-state index is 12.2. The highest BCUT2D eigenvalue weighted by Gasteiger charge is 2.54. The molecule has 2 aromatic rings. The number of hydrogen-bond donors (Lipinski definition) is 3. The molecule has 1 saturated carbocycles. The zero-order chi connectivity index (χ0) is 47.1. The highest BCUT2D eigenvalue weighted by Crippen LogP contribution is 2.37. The molecule has 5 rings (SSSR count). The fourth-order valence-corrected chi connectivity index (χ4v) is 8.67. The van der Waals surface area contributed by atoms with Gasteiger partial charge in [-0.1, -0.05) is 146 Å². The van der Waals surface area contributed by atoms with Crippen molar-refractivity contribution in [3.05, 3.63) is 114 Å². The number of unbranched alkanes of at least 4 members (excludes halogenated alkanes) is 9. The molecule has 1 aliphatic carbocycles. The van der Waals surface area contributed by atoms with Crippen molar-refractivity contribution in [1.29, 1.82) is 0 Å². The van der Waals surface area contributed by atoms with Crippen LogP contribution in [0.1, 0.15) is 95.6 Å². The molecular weight excluding hydrogens is 857 g/mol. The van der Waals surface area contributed by atoms with Gasteiger partial charge in [0, 0.05) is 26.3 Å². The van der Waals surface area contributed by atoms with Crippen LogP contribution in [0.3, 0.4) is 0 Å². The molecule has 2 aromatic carbocycles. The van der Waals surface area contributed by atoms with Gasteiger partial charge in [-0.05, 0) is 53.0 Å². The van der Waals surface area contributed by atoms with Gasteiger partial charge < -0.3 is 48.5 Å². The van der Waals surface area contributed by atoms with E-state index in [0.29, 0.717) is 6.61 Å². The molecule has 0 spiro atoms. The first-order valence-electron chi connectivity index (χ1n) is 23.0. The van der Waals surface area contributed by atoms with Gasteiger partial charge in [0.1, 0.15) is 36.6 Å². The molecule has 3 fully saturated rings. The normalized spacial score (nSPS) is 31.9. The molecule has 15 atom stereocenters. The minimum Gasteiger partial charge on any atom is -0.390 e. The van der Waals surface area contributed by atoms with E-state index < -0.39 is 98.3 Å². The molecule has 22 nitrogen and oxygen atoms in total. The standard InChI is InChI=1S/C44H64N12O10/c1-3-4-5-6-7-8-9-10-11-18-23-60-38-28(2)63-44(42(62-27-30-21-16-13-17-22-30)41(38)61-26-29-19-14-12-15-20-29)66-40-32(51-55-47)24-31(50-54-46)39(37(40)59)65-43-34(52-56-48)36(58)35(57)33(64-43)25-49-53-45/h12-17,19-22,28,31-44,57-59H,3-11,18,23-27H2,1-2H3/t28-,31+,32-,33-,34-,35-,36-,37+,38-,39-,40+,41+,42-,43-,44-/m1/s1. The Morgan fingerprint density at radius 2 is 1.11 bits per heavy atom. The van der Waals surface area contributed by atoms with Crippen LogP contribution in [0.4, 0.5) is 0 Å². The van der Waals surface area contributed by atoms with E-state index in [9.17, 15) is 31.9 Å². The van der Waals surface area contributed by atoms with Crippen LogP contribution in [0.2, 0.25) is 0 Å². The molecule has 0 amide bonds. The number of aliphatic hydroxyl groups excluding tert-OH is 3. The highest BCUT2D eigenvalue weighted by molar-refractivity contribution is 5.15. The maximum atomic E-state index is 12.2.